The number of likely N-dealkylation sites (tertiary alicyclic amines) is 1. The van der Waals surface area contributed by atoms with E-state index in [4.69, 9.17) is 4.98 Å². The molecule has 1 aliphatic rings. The highest BCUT2D eigenvalue weighted by Crippen LogP contribution is 2.36. The number of amides is 1. The fraction of sp³-hybridized carbons (Fsp3) is 0.227. The van der Waals surface area contributed by atoms with Gasteiger partial charge in [0.2, 0.25) is 0 Å². The van der Waals surface area contributed by atoms with Crippen LogP contribution in [-0.4, -0.2) is 27.3 Å². The van der Waals surface area contributed by atoms with Gasteiger partial charge < -0.3 is 4.90 Å². The molecule has 134 valence electrons. The molecular formula is C22H19N3OS. The van der Waals surface area contributed by atoms with Gasteiger partial charge in [-0.3, -0.25) is 9.78 Å². The number of benzene rings is 2. The van der Waals surface area contributed by atoms with E-state index < -0.39 is 0 Å². The standard InChI is InChI=1S/C22H19N3OS/c26-22(16-9-5-7-15-8-6-13-23-20(15)16)25-14-4-3-11-18(25)21-24-17-10-1-2-12-19(17)27-21/h1-2,5-10,12-13,18H,3-4,11,14H2/t18-/m1/s1. The predicted molar refractivity (Wildman–Crippen MR) is 109 cm³/mol. The lowest BCUT2D eigenvalue weighted by molar-refractivity contribution is 0.0613. The quantitative estimate of drug-likeness (QED) is 0.484. The number of pyridine rings is 1. The molecule has 1 amide bonds. The molecule has 0 spiro atoms. The molecule has 5 heteroatoms. The van der Waals surface area contributed by atoms with Crippen LogP contribution in [0.5, 0.6) is 0 Å². The summed E-state index contributed by atoms with van der Waals surface area (Å²) in [6.45, 7) is 0.767. The Morgan fingerprint density at radius 1 is 1.04 bits per heavy atom. The zero-order valence-corrected chi connectivity index (χ0v) is 15.7. The Bertz CT molecular complexity index is 1100. The van der Waals surface area contributed by atoms with Crippen LogP contribution in [0.15, 0.2) is 60.8 Å². The summed E-state index contributed by atoms with van der Waals surface area (Å²) in [6, 6.07) is 18.0. The normalized spacial score (nSPS) is 17.5. The minimum atomic E-state index is 0.0441. The van der Waals surface area contributed by atoms with Crippen LogP contribution in [0.3, 0.4) is 0 Å². The molecule has 27 heavy (non-hydrogen) atoms. The number of aromatic nitrogens is 2. The van der Waals surface area contributed by atoms with Crippen molar-refractivity contribution in [3.8, 4) is 0 Å². The van der Waals surface area contributed by atoms with E-state index in [1.54, 1.807) is 17.5 Å². The molecule has 4 aromatic rings. The van der Waals surface area contributed by atoms with Crippen molar-refractivity contribution in [3.05, 3.63) is 71.4 Å². The molecule has 0 N–H and O–H groups in total. The number of fused-ring (bicyclic) bond motifs is 2. The number of hydrogen-bond acceptors (Lipinski definition) is 4. The zero-order valence-electron chi connectivity index (χ0n) is 14.8. The summed E-state index contributed by atoms with van der Waals surface area (Å²) in [6.07, 6.45) is 4.87. The van der Waals surface area contributed by atoms with Gasteiger partial charge in [0, 0.05) is 18.1 Å². The van der Waals surface area contributed by atoms with Gasteiger partial charge in [0.05, 0.1) is 27.3 Å². The van der Waals surface area contributed by atoms with Gasteiger partial charge in [0.15, 0.2) is 0 Å². The number of carbonyl (C=O) groups is 1. The molecule has 1 atom stereocenters. The maximum Gasteiger partial charge on any atom is 0.256 e. The van der Waals surface area contributed by atoms with Crippen molar-refractivity contribution in [2.75, 3.05) is 6.54 Å². The maximum atomic E-state index is 13.5. The summed E-state index contributed by atoms with van der Waals surface area (Å²) < 4.78 is 1.18. The molecule has 2 aromatic carbocycles. The van der Waals surface area contributed by atoms with Crippen LogP contribution in [0.1, 0.15) is 40.7 Å². The third-order valence-electron chi connectivity index (χ3n) is 5.22. The molecule has 0 radical (unpaired) electrons. The van der Waals surface area contributed by atoms with E-state index >= 15 is 0 Å². The number of para-hydroxylation sites is 2. The van der Waals surface area contributed by atoms with Crippen LogP contribution < -0.4 is 0 Å². The molecule has 1 aliphatic heterocycles. The Morgan fingerprint density at radius 2 is 1.93 bits per heavy atom. The van der Waals surface area contributed by atoms with Crippen molar-refractivity contribution in [3.63, 3.8) is 0 Å². The second kappa shape index (κ2) is 6.74. The summed E-state index contributed by atoms with van der Waals surface area (Å²) in [4.78, 5) is 24.8. The number of piperidine rings is 1. The first-order valence-corrected chi connectivity index (χ1v) is 10.1. The van der Waals surface area contributed by atoms with Crippen LogP contribution in [0.4, 0.5) is 0 Å². The summed E-state index contributed by atoms with van der Waals surface area (Å²) in [5.74, 6) is 0.0586. The largest absolute Gasteiger partial charge is 0.329 e. The Labute approximate surface area is 161 Å². The van der Waals surface area contributed by atoms with Gasteiger partial charge in [-0.2, -0.15) is 0 Å². The average Bonchev–Trinajstić information content (AvgIpc) is 3.17. The van der Waals surface area contributed by atoms with Crippen LogP contribution in [0.2, 0.25) is 0 Å². The van der Waals surface area contributed by atoms with Crippen LogP contribution >= 0.6 is 11.3 Å². The van der Waals surface area contributed by atoms with E-state index in [2.05, 4.69) is 11.1 Å². The minimum Gasteiger partial charge on any atom is -0.329 e. The first-order chi connectivity index (χ1) is 13.3. The number of hydrogen-bond donors (Lipinski definition) is 0. The van der Waals surface area contributed by atoms with Gasteiger partial charge in [-0.15, -0.1) is 11.3 Å². The van der Waals surface area contributed by atoms with Crippen molar-refractivity contribution in [1.29, 1.82) is 0 Å². The third kappa shape index (κ3) is 2.88. The van der Waals surface area contributed by atoms with Crippen molar-refractivity contribution >= 4 is 38.4 Å². The Kier molecular flexibility index (Phi) is 4.09. The van der Waals surface area contributed by atoms with Gasteiger partial charge in [0.1, 0.15) is 5.01 Å². The highest BCUT2D eigenvalue weighted by Gasteiger charge is 2.31. The molecular weight excluding hydrogens is 354 g/mol. The number of nitrogens with zero attached hydrogens (tertiary/aromatic N) is 3. The van der Waals surface area contributed by atoms with Crippen molar-refractivity contribution in [2.45, 2.75) is 25.3 Å². The molecule has 0 aliphatic carbocycles. The van der Waals surface area contributed by atoms with Gasteiger partial charge in [-0.05, 0) is 43.5 Å². The topological polar surface area (TPSA) is 46.1 Å². The van der Waals surface area contributed by atoms with E-state index in [1.165, 1.54) is 4.70 Å². The van der Waals surface area contributed by atoms with E-state index in [1.807, 2.05) is 53.4 Å². The lowest BCUT2D eigenvalue weighted by Crippen LogP contribution is -2.38. The summed E-state index contributed by atoms with van der Waals surface area (Å²) in [5, 5.41) is 2.04. The third-order valence-corrected chi connectivity index (χ3v) is 6.36. The second-order valence-electron chi connectivity index (χ2n) is 6.91. The molecule has 1 saturated heterocycles. The molecule has 1 fully saturated rings. The summed E-state index contributed by atoms with van der Waals surface area (Å²) >= 11 is 1.70. The second-order valence-corrected chi connectivity index (χ2v) is 7.97. The summed E-state index contributed by atoms with van der Waals surface area (Å²) in [7, 11) is 0. The van der Waals surface area contributed by atoms with Gasteiger partial charge >= 0.3 is 0 Å². The van der Waals surface area contributed by atoms with Gasteiger partial charge in [-0.25, -0.2) is 4.98 Å². The molecule has 0 unspecified atom stereocenters. The molecule has 4 nitrogen and oxygen atoms in total. The zero-order chi connectivity index (χ0) is 18.2. The first-order valence-electron chi connectivity index (χ1n) is 9.31. The molecule has 2 aromatic heterocycles. The average molecular weight is 373 g/mol. The monoisotopic (exact) mass is 373 g/mol. The SMILES string of the molecule is O=C(c1cccc2cccnc12)N1CCCC[C@@H]1c1nc2ccccc2s1. The minimum absolute atomic E-state index is 0.0441. The van der Waals surface area contributed by atoms with Crippen LogP contribution in [0.25, 0.3) is 21.1 Å². The Hall–Kier alpha value is -2.79. The maximum absolute atomic E-state index is 13.5. The van der Waals surface area contributed by atoms with E-state index in [0.717, 1.165) is 47.2 Å². The first kappa shape index (κ1) is 16.4. The van der Waals surface area contributed by atoms with Crippen molar-refractivity contribution < 1.29 is 4.79 Å². The number of thiazole rings is 1. The highest BCUT2D eigenvalue weighted by atomic mass is 32.1. The lowest BCUT2D eigenvalue weighted by atomic mass is 10.00. The predicted octanol–water partition coefficient (Wildman–Crippen LogP) is 5.21. The van der Waals surface area contributed by atoms with Gasteiger partial charge in [-0.1, -0.05) is 30.3 Å². The van der Waals surface area contributed by atoms with Crippen LogP contribution in [0, 0.1) is 0 Å². The smallest absolute Gasteiger partial charge is 0.256 e. The van der Waals surface area contributed by atoms with Crippen molar-refractivity contribution in [1.82, 2.24) is 14.9 Å². The summed E-state index contributed by atoms with van der Waals surface area (Å²) in [5.41, 5.74) is 2.47. The van der Waals surface area contributed by atoms with E-state index in [-0.39, 0.29) is 11.9 Å². The van der Waals surface area contributed by atoms with Crippen molar-refractivity contribution in [2.24, 2.45) is 0 Å². The van der Waals surface area contributed by atoms with E-state index in [0.29, 0.717) is 5.56 Å². The number of rotatable bonds is 2. The molecule has 5 rings (SSSR count). The van der Waals surface area contributed by atoms with E-state index in [9.17, 15) is 4.79 Å². The molecule has 0 saturated carbocycles. The van der Waals surface area contributed by atoms with Gasteiger partial charge in [0.25, 0.3) is 5.91 Å². The Morgan fingerprint density at radius 3 is 2.85 bits per heavy atom. The highest BCUT2D eigenvalue weighted by molar-refractivity contribution is 7.18. The number of carbonyl (C=O) groups excluding carboxylic acids is 1. The molecule has 0 bridgehead atoms. The fourth-order valence-electron chi connectivity index (χ4n) is 3.90. The Balaban J connectivity index is 1.56. The fourth-order valence-corrected chi connectivity index (χ4v) is 5.01. The van der Waals surface area contributed by atoms with Crippen LogP contribution in [-0.2, 0) is 0 Å². The lowest BCUT2D eigenvalue weighted by Gasteiger charge is -2.34. The molecule has 3 heterocycles.